The zero-order chi connectivity index (χ0) is 24.7. The van der Waals surface area contributed by atoms with E-state index < -0.39 is 0 Å². The van der Waals surface area contributed by atoms with Gasteiger partial charge in [0.1, 0.15) is 5.75 Å². The molecular formula is C32H31FeNO2S+2. The number of benzene rings is 2. The molecule has 188 valence electrons. The normalized spacial score (nSPS) is 18.3. The number of rotatable bonds is 6. The maximum absolute atomic E-state index is 13.6. The predicted octanol–water partition coefficient (Wildman–Crippen LogP) is 6.90. The van der Waals surface area contributed by atoms with Crippen LogP contribution < -0.4 is 4.74 Å². The fourth-order valence-electron chi connectivity index (χ4n) is 4.78. The molecule has 0 atom stereocenters. The number of likely N-dealkylation sites (tertiary alicyclic amines) is 1. The van der Waals surface area contributed by atoms with Gasteiger partial charge in [0.2, 0.25) is 5.78 Å². The van der Waals surface area contributed by atoms with Crippen LogP contribution in [0.4, 0.5) is 0 Å². The van der Waals surface area contributed by atoms with E-state index in [1.54, 1.807) is 18.4 Å². The number of hydrogen-bond acceptors (Lipinski definition) is 4. The van der Waals surface area contributed by atoms with Crippen LogP contribution in [0.1, 0.15) is 45.6 Å². The molecule has 0 bridgehead atoms. The minimum absolute atomic E-state index is 0. The second-order valence-electron chi connectivity index (χ2n) is 9.17. The molecule has 1 aliphatic heterocycles. The summed E-state index contributed by atoms with van der Waals surface area (Å²) in [6.07, 6.45) is 22.1. The molecule has 37 heavy (non-hydrogen) atoms. The monoisotopic (exact) mass is 549 g/mol. The second-order valence-corrected chi connectivity index (χ2v) is 10.2. The maximum Gasteiger partial charge on any atom is 2.00 e. The molecule has 3 aliphatic rings. The number of nitrogens with zero attached hydrogens (tertiary/aromatic N) is 1. The Morgan fingerprint density at radius 3 is 2.14 bits per heavy atom. The summed E-state index contributed by atoms with van der Waals surface area (Å²) in [5.41, 5.74) is 3.04. The first-order valence-electron chi connectivity index (χ1n) is 12.6. The number of carbonyl (C=O) groups is 1. The van der Waals surface area contributed by atoms with Gasteiger partial charge in [-0.2, -0.15) is 0 Å². The molecule has 2 aliphatic carbocycles. The van der Waals surface area contributed by atoms with Crippen LogP contribution in [0.15, 0.2) is 42.5 Å². The van der Waals surface area contributed by atoms with E-state index in [0.717, 1.165) is 44.3 Å². The summed E-state index contributed by atoms with van der Waals surface area (Å²) in [6.45, 7) is 3.32. The Morgan fingerprint density at radius 2 is 1.51 bits per heavy atom. The minimum atomic E-state index is 0. The molecule has 10 radical (unpaired) electrons. The number of ether oxygens (including phenoxy) is 1. The van der Waals surface area contributed by atoms with Crippen molar-refractivity contribution in [1.82, 2.24) is 4.90 Å². The molecule has 0 N–H and O–H groups in total. The van der Waals surface area contributed by atoms with Crippen LogP contribution in [0.5, 0.6) is 5.75 Å². The number of fused-ring (bicyclic) bond motifs is 1. The third-order valence-electron chi connectivity index (χ3n) is 6.68. The Labute approximate surface area is 237 Å². The number of carbonyl (C=O) groups excluding carboxylic acids is 1. The summed E-state index contributed by atoms with van der Waals surface area (Å²) in [6, 6.07) is 14.2. The molecule has 3 aromatic rings. The molecule has 6 rings (SSSR count). The van der Waals surface area contributed by atoms with Gasteiger partial charge in [-0.15, -0.1) is 11.3 Å². The summed E-state index contributed by atoms with van der Waals surface area (Å²) >= 11 is 1.55. The smallest absolute Gasteiger partial charge is 0.497 e. The summed E-state index contributed by atoms with van der Waals surface area (Å²) in [4.78, 5) is 16.9. The molecule has 0 amide bonds. The van der Waals surface area contributed by atoms with E-state index in [0.29, 0.717) is 0 Å². The Bertz CT molecular complexity index is 1130. The number of methoxy groups -OCH3 is 1. The summed E-state index contributed by atoms with van der Waals surface area (Å²) in [7, 11) is 1.67. The van der Waals surface area contributed by atoms with E-state index in [1.165, 1.54) is 37.9 Å². The SMILES string of the molecule is COc1ccc2c([C]3[CH][CH][CH][CH]3)c(C(=O)c3ccc(CN4CCCCC4)cc3)sc2c1.[CH]1[CH][CH][CH][CH]1.[Fe+2]. The molecule has 2 saturated carbocycles. The zero-order valence-electron chi connectivity index (χ0n) is 21.0. The summed E-state index contributed by atoms with van der Waals surface area (Å²) in [5, 5.41) is 1.10. The van der Waals surface area contributed by atoms with Gasteiger partial charge in [-0.3, -0.25) is 9.69 Å². The summed E-state index contributed by atoms with van der Waals surface area (Å²) in [5.74, 6) is 1.98. The van der Waals surface area contributed by atoms with Gasteiger partial charge < -0.3 is 4.74 Å². The van der Waals surface area contributed by atoms with E-state index >= 15 is 0 Å². The van der Waals surface area contributed by atoms with Crippen molar-refractivity contribution >= 4 is 27.2 Å². The molecule has 0 unspecified atom stereocenters. The minimum Gasteiger partial charge on any atom is -0.497 e. The van der Waals surface area contributed by atoms with Crippen LogP contribution in [-0.4, -0.2) is 30.9 Å². The van der Waals surface area contributed by atoms with Crippen molar-refractivity contribution in [3.8, 4) is 5.75 Å². The number of piperidine rings is 1. The zero-order valence-corrected chi connectivity index (χ0v) is 22.9. The predicted molar refractivity (Wildman–Crippen MR) is 148 cm³/mol. The van der Waals surface area contributed by atoms with E-state index in [1.807, 2.05) is 69.2 Å². The van der Waals surface area contributed by atoms with Crippen molar-refractivity contribution in [1.29, 1.82) is 0 Å². The Morgan fingerprint density at radius 1 is 0.865 bits per heavy atom. The molecule has 5 heteroatoms. The first-order valence-corrected chi connectivity index (χ1v) is 13.4. The van der Waals surface area contributed by atoms with Gasteiger partial charge in [0.15, 0.2) is 0 Å². The fourth-order valence-corrected chi connectivity index (χ4v) is 6.00. The van der Waals surface area contributed by atoms with E-state index in [4.69, 9.17) is 4.74 Å². The van der Waals surface area contributed by atoms with E-state index in [-0.39, 0.29) is 22.9 Å². The summed E-state index contributed by atoms with van der Waals surface area (Å²) < 4.78 is 6.47. The Balaban J connectivity index is 0.000000479. The van der Waals surface area contributed by atoms with Crippen LogP contribution in [0.2, 0.25) is 0 Å². The third kappa shape index (κ3) is 7.06. The maximum atomic E-state index is 13.6. The van der Waals surface area contributed by atoms with Crippen molar-refractivity contribution in [2.45, 2.75) is 25.8 Å². The molecule has 2 heterocycles. The molecule has 3 nitrogen and oxygen atoms in total. The Hall–Kier alpha value is -1.65. The average molecular weight is 550 g/mol. The van der Waals surface area contributed by atoms with Crippen molar-refractivity contribution < 1.29 is 26.6 Å². The topological polar surface area (TPSA) is 29.5 Å². The molecule has 2 aromatic carbocycles. The van der Waals surface area contributed by atoms with Crippen LogP contribution in [0, 0.1) is 63.7 Å². The van der Waals surface area contributed by atoms with Crippen molar-refractivity contribution in [3.63, 3.8) is 0 Å². The number of hydrogen-bond donors (Lipinski definition) is 0. The fraction of sp³-hybridized carbons (Fsp3) is 0.219. The first kappa shape index (κ1) is 28.4. The first-order chi connectivity index (χ1) is 17.7. The van der Waals surface area contributed by atoms with Crippen LogP contribution >= 0.6 is 11.3 Å². The quantitative estimate of drug-likeness (QED) is 0.248. The van der Waals surface area contributed by atoms with E-state index in [2.05, 4.69) is 35.9 Å². The van der Waals surface area contributed by atoms with Gasteiger partial charge >= 0.3 is 17.1 Å². The van der Waals surface area contributed by atoms with Gasteiger partial charge in [0, 0.05) is 22.7 Å². The number of thiophene rings is 1. The molecule has 1 saturated heterocycles. The molecule has 0 spiro atoms. The van der Waals surface area contributed by atoms with Gasteiger partial charge in [-0.25, -0.2) is 0 Å². The van der Waals surface area contributed by atoms with Gasteiger partial charge in [0.25, 0.3) is 0 Å². The molecular weight excluding hydrogens is 518 g/mol. The third-order valence-corrected chi connectivity index (χ3v) is 7.83. The molecule has 3 fully saturated rings. The van der Waals surface area contributed by atoms with Crippen molar-refractivity contribution in [2.24, 2.45) is 0 Å². The standard InChI is InChI=1S/C27H26NO2S.C5H5.Fe/c1-30-22-13-14-23-24(17-22)31-27(25(23)20-7-3-4-8-20)26(29)21-11-9-19(10-12-21)18-28-15-5-2-6-16-28;1-2-4-5-3-1;/h3-4,7-14,17H,2,5-6,15-16,18H2,1H3;1-5H;/q;;+2. The van der Waals surface area contributed by atoms with E-state index in [9.17, 15) is 4.79 Å². The van der Waals surface area contributed by atoms with Gasteiger partial charge in [-0.05, 0) is 118 Å². The van der Waals surface area contributed by atoms with Crippen LogP contribution in [0.3, 0.4) is 0 Å². The van der Waals surface area contributed by atoms with Crippen LogP contribution in [-0.2, 0) is 23.6 Å². The van der Waals surface area contributed by atoms with Gasteiger partial charge in [-0.1, -0.05) is 30.7 Å². The Kier molecular flexibility index (Phi) is 10.7. The number of ketones is 1. The van der Waals surface area contributed by atoms with Crippen molar-refractivity contribution in [2.75, 3.05) is 20.2 Å². The second kappa shape index (κ2) is 13.9. The van der Waals surface area contributed by atoms with Crippen LogP contribution in [0.25, 0.3) is 10.1 Å². The average Bonchev–Trinajstić information content (AvgIpc) is 3.71. The van der Waals surface area contributed by atoms with Gasteiger partial charge in [0.05, 0.1) is 12.0 Å². The van der Waals surface area contributed by atoms with Crippen molar-refractivity contribution in [3.05, 3.63) is 128 Å². The molecule has 1 aromatic heterocycles. The largest absolute Gasteiger partial charge is 2.00 e.